The van der Waals surface area contributed by atoms with Crippen molar-refractivity contribution in [1.29, 1.82) is 0 Å². The summed E-state index contributed by atoms with van der Waals surface area (Å²) in [5.41, 5.74) is 4.77. The Kier molecular flexibility index (Phi) is 3.73. The highest BCUT2D eigenvalue weighted by atomic mass is 79.9. The molecule has 0 aliphatic heterocycles. The number of rotatable bonds is 2. The Morgan fingerprint density at radius 2 is 1.71 bits per heavy atom. The summed E-state index contributed by atoms with van der Waals surface area (Å²) in [5, 5.41) is 9.95. The largest absolute Gasteiger partial charge is 0.387 e. The van der Waals surface area contributed by atoms with Crippen LogP contribution in [0.5, 0.6) is 0 Å². The van der Waals surface area contributed by atoms with Crippen LogP contribution >= 0.6 is 15.9 Å². The molecule has 0 spiro atoms. The lowest BCUT2D eigenvalue weighted by molar-refractivity contribution is 0.180. The van der Waals surface area contributed by atoms with Crippen LogP contribution < -0.4 is 0 Å². The monoisotopic (exact) mass is 256 g/mol. The van der Waals surface area contributed by atoms with Gasteiger partial charge in [-0.25, -0.2) is 0 Å². The van der Waals surface area contributed by atoms with Crippen molar-refractivity contribution in [2.24, 2.45) is 0 Å². The molecule has 0 radical (unpaired) electrons. The van der Waals surface area contributed by atoms with E-state index in [1.165, 1.54) is 16.7 Å². The maximum Gasteiger partial charge on any atom is 0.0914 e. The first-order chi connectivity index (χ1) is 6.45. The smallest absolute Gasteiger partial charge is 0.0914 e. The SMILES string of the molecule is Cc1ccc(C(O)C(C)Br)c(C)c1C. The minimum atomic E-state index is -0.422. The third-order valence-electron chi connectivity index (χ3n) is 2.85. The number of halogens is 1. The highest BCUT2D eigenvalue weighted by molar-refractivity contribution is 9.09. The molecular formula is C12H17BrO. The highest BCUT2D eigenvalue weighted by Crippen LogP contribution is 2.27. The fraction of sp³-hybridized carbons (Fsp3) is 0.500. The molecule has 0 bridgehead atoms. The summed E-state index contributed by atoms with van der Waals surface area (Å²) >= 11 is 3.40. The average Bonchev–Trinajstić information content (AvgIpc) is 2.13. The Balaban J connectivity index is 3.17. The molecule has 14 heavy (non-hydrogen) atoms. The van der Waals surface area contributed by atoms with Gasteiger partial charge in [-0.2, -0.15) is 0 Å². The van der Waals surface area contributed by atoms with E-state index >= 15 is 0 Å². The molecule has 2 unspecified atom stereocenters. The predicted octanol–water partition coefficient (Wildman–Crippen LogP) is 3.43. The van der Waals surface area contributed by atoms with Crippen LogP contribution in [0.4, 0.5) is 0 Å². The summed E-state index contributed by atoms with van der Waals surface area (Å²) in [5.74, 6) is 0. The molecule has 1 aromatic carbocycles. The Morgan fingerprint density at radius 3 is 2.21 bits per heavy atom. The van der Waals surface area contributed by atoms with Gasteiger partial charge in [0.15, 0.2) is 0 Å². The van der Waals surface area contributed by atoms with E-state index in [9.17, 15) is 5.11 Å². The first-order valence-electron chi connectivity index (χ1n) is 4.84. The van der Waals surface area contributed by atoms with Crippen LogP contribution in [-0.4, -0.2) is 9.93 Å². The second kappa shape index (κ2) is 4.45. The molecule has 1 N–H and O–H groups in total. The van der Waals surface area contributed by atoms with E-state index in [2.05, 4.69) is 42.8 Å². The van der Waals surface area contributed by atoms with Crippen molar-refractivity contribution in [3.8, 4) is 0 Å². The van der Waals surface area contributed by atoms with Gasteiger partial charge in [0, 0.05) is 4.83 Å². The van der Waals surface area contributed by atoms with E-state index in [4.69, 9.17) is 0 Å². The average molecular weight is 257 g/mol. The molecule has 1 rings (SSSR count). The number of benzene rings is 1. The zero-order chi connectivity index (χ0) is 10.9. The zero-order valence-corrected chi connectivity index (χ0v) is 10.7. The number of aliphatic hydroxyl groups is 1. The molecule has 0 aliphatic carbocycles. The van der Waals surface area contributed by atoms with Crippen LogP contribution in [0, 0.1) is 20.8 Å². The molecule has 0 fully saturated rings. The first-order valence-corrected chi connectivity index (χ1v) is 5.75. The number of alkyl halides is 1. The van der Waals surface area contributed by atoms with Crippen molar-refractivity contribution >= 4 is 15.9 Å². The Morgan fingerprint density at radius 1 is 1.14 bits per heavy atom. The second-order valence-electron chi connectivity index (χ2n) is 3.84. The standard InChI is InChI=1S/C12H17BrO/c1-7-5-6-11(9(3)8(7)2)12(14)10(4)13/h5-6,10,12,14H,1-4H3. The number of aryl methyl sites for hydroxylation is 1. The van der Waals surface area contributed by atoms with Crippen LogP contribution in [0.25, 0.3) is 0 Å². The summed E-state index contributed by atoms with van der Waals surface area (Å²) in [7, 11) is 0. The van der Waals surface area contributed by atoms with Gasteiger partial charge in [-0.05, 0) is 49.9 Å². The topological polar surface area (TPSA) is 20.2 Å². The lowest BCUT2D eigenvalue weighted by Gasteiger charge is -2.18. The van der Waals surface area contributed by atoms with Crippen molar-refractivity contribution in [3.05, 3.63) is 34.4 Å². The molecule has 78 valence electrons. The number of aliphatic hydroxyl groups excluding tert-OH is 1. The lowest BCUT2D eigenvalue weighted by atomic mass is 9.95. The molecule has 1 aromatic rings. The third-order valence-corrected chi connectivity index (χ3v) is 3.35. The van der Waals surface area contributed by atoms with Crippen molar-refractivity contribution in [2.75, 3.05) is 0 Å². The summed E-state index contributed by atoms with van der Waals surface area (Å²) in [6.45, 7) is 8.21. The van der Waals surface area contributed by atoms with Gasteiger partial charge < -0.3 is 5.11 Å². The quantitative estimate of drug-likeness (QED) is 0.805. The van der Waals surface area contributed by atoms with E-state index in [0.29, 0.717) is 0 Å². The van der Waals surface area contributed by atoms with Gasteiger partial charge in [0.2, 0.25) is 0 Å². The fourth-order valence-corrected chi connectivity index (χ4v) is 1.83. The van der Waals surface area contributed by atoms with Crippen molar-refractivity contribution in [2.45, 2.75) is 38.6 Å². The maximum atomic E-state index is 9.95. The maximum absolute atomic E-state index is 9.95. The van der Waals surface area contributed by atoms with Gasteiger partial charge in [-0.1, -0.05) is 28.1 Å². The number of hydrogen-bond donors (Lipinski definition) is 1. The Labute approximate surface area is 94.3 Å². The van der Waals surface area contributed by atoms with Gasteiger partial charge in [-0.3, -0.25) is 0 Å². The normalized spacial score (nSPS) is 15.3. The Bertz CT molecular complexity index is 331. The summed E-state index contributed by atoms with van der Waals surface area (Å²) in [6.07, 6.45) is -0.422. The molecule has 0 heterocycles. The van der Waals surface area contributed by atoms with Crippen LogP contribution in [0.3, 0.4) is 0 Å². The van der Waals surface area contributed by atoms with Crippen LogP contribution in [0.15, 0.2) is 12.1 Å². The molecule has 0 saturated heterocycles. The third kappa shape index (κ3) is 2.18. The van der Waals surface area contributed by atoms with Crippen LogP contribution in [0.1, 0.15) is 35.3 Å². The molecule has 0 aromatic heterocycles. The minimum Gasteiger partial charge on any atom is -0.387 e. The van der Waals surface area contributed by atoms with Crippen LogP contribution in [0.2, 0.25) is 0 Å². The fourth-order valence-electron chi connectivity index (χ4n) is 1.54. The van der Waals surface area contributed by atoms with E-state index in [0.717, 1.165) is 5.56 Å². The van der Waals surface area contributed by atoms with Crippen LogP contribution in [-0.2, 0) is 0 Å². The van der Waals surface area contributed by atoms with Gasteiger partial charge in [0.25, 0.3) is 0 Å². The summed E-state index contributed by atoms with van der Waals surface area (Å²) < 4.78 is 0. The molecule has 1 nitrogen and oxygen atoms in total. The van der Waals surface area contributed by atoms with Gasteiger partial charge >= 0.3 is 0 Å². The zero-order valence-electron chi connectivity index (χ0n) is 9.13. The van der Waals surface area contributed by atoms with E-state index in [-0.39, 0.29) is 4.83 Å². The molecule has 2 atom stereocenters. The van der Waals surface area contributed by atoms with E-state index in [1.807, 2.05) is 13.0 Å². The van der Waals surface area contributed by atoms with E-state index in [1.54, 1.807) is 0 Å². The molecule has 0 saturated carbocycles. The lowest BCUT2D eigenvalue weighted by Crippen LogP contribution is -2.10. The summed E-state index contributed by atoms with van der Waals surface area (Å²) in [6, 6.07) is 4.08. The predicted molar refractivity (Wildman–Crippen MR) is 64.0 cm³/mol. The van der Waals surface area contributed by atoms with Crippen molar-refractivity contribution < 1.29 is 5.11 Å². The molecule has 0 aliphatic rings. The molecule has 2 heteroatoms. The Hall–Kier alpha value is -0.340. The number of hydrogen-bond acceptors (Lipinski definition) is 1. The minimum absolute atomic E-state index is 0.0864. The molecular weight excluding hydrogens is 240 g/mol. The van der Waals surface area contributed by atoms with Crippen molar-refractivity contribution in [3.63, 3.8) is 0 Å². The first kappa shape index (κ1) is 11.7. The van der Waals surface area contributed by atoms with E-state index < -0.39 is 6.10 Å². The van der Waals surface area contributed by atoms with Gasteiger partial charge in [-0.15, -0.1) is 0 Å². The second-order valence-corrected chi connectivity index (χ2v) is 5.29. The molecule has 0 amide bonds. The highest BCUT2D eigenvalue weighted by Gasteiger charge is 2.16. The summed E-state index contributed by atoms with van der Waals surface area (Å²) in [4.78, 5) is 0.0864. The van der Waals surface area contributed by atoms with Gasteiger partial charge in [0.05, 0.1) is 6.10 Å². The van der Waals surface area contributed by atoms with Gasteiger partial charge in [0.1, 0.15) is 0 Å². The van der Waals surface area contributed by atoms with Crippen molar-refractivity contribution in [1.82, 2.24) is 0 Å².